The van der Waals surface area contributed by atoms with Crippen molar-refractivity contribution < 1.29 is 23.7 Å². The Hall–Kier alpha value is -4.54. The van der Waals surface area contributed by atoms with E-state index >= 15 is 0 Å². The third-order valence-corrected chi connectivity index (χ3v) is 5.02. The number of H-pyrrole nitrogens is 1. The third kappa shape index (κ3) is 3.59. The lowest BCUT2D eigenvalue weighted by molar-refractivity contribution is 0.0997. The third-order valence-electron chi connectivity index (χ3n) is 5.02. The normalized spacial score (nSPS) is 10.8. The molecule has 2 heterocycles. The minimum absolute atomic E-state index is 0.106. The average molecular weight is 451 g/mol. The molecule has 0 spiro atoms. The van der Waals surface area contributed by atoms with E-state index in [0.717, 1.165) is 0 Å². The number of hydrogen-bond donors (Lipinski definition) is 2. The highest BCUT2D eigenvalue weighted by Crippen LogP contribution is 2.40. The van der Waals surface area contributed by atoms with Crippen molar-refractivity contribution in [2.45, 2.75) is 0 Å². The molecule has 0 aliphatic rings. The van der Waals surface area contributed by atoms with E-state index < -0.39 is 11.6 Å². The lowest BCUT2D eigenvalue weighted by Crippen LogP contribution is -2.16. The molecule has 4 rings (SSSR count). The highest BCUT2D eigenvalue weighted by atomic mass is 16.5. The number of para-hydroxylation sites is 2. The zero-order chi connectivity index (χ0) is 23.7. The van der Waals surface area contributed by atoms with Crippen LogP contribution in [0.3, 0.4) is 0 Å². The minimum atomic E-state index is -0.829. The summed E-state index contributed by atoms with van der Waals surface area (Å²) in [6.45, 7) is 0. The van der Waals surface area contributed by atoms with Gasteiger partial charge in [0.1, 0.15) is 11.3 Å². The second-order valence-corrected chi connectivity index (χ2v) is 6.81. The molecule has 170 valence electrons. The molecule has 0 saturated heterocycles. The van der Waals surface area contributed by atoms with E-state index in [-0.39, 0.29) is 22.7 Å². The molecule has 11 nitrogen and oxygen atoms in total. The number of nitrogens with zero attached hydrogens (tertiary/aromatic N) is 3. The molecular formula is C22H21N5O6. The number of rotatable bonds is 7. The molecule has 0 unspecified atom stereocenters. The van der Waals surface area contributed by atoms with E-state index in [2.05, 4.69) is 15.0 Å². The number of carbonyl (C=O) groups excluding carboxylic acids is 1. The number of imidazole rings is 1. The second-order valence-electron chi connectivity index (χ2n) is 6.81. The van der Waals surface area contributed by atoms with Gasteiger partial charge in [0.05, 0.1) is 34.1 Å². The zero-order valence-corrected chi connectivity index (χ0v) is 18.3. The van der Waals surface area contributed by atoms with E-state index in [1.807, 2.05) is 0 Å². The van der Waals surface area contributed by atoms with Crippen LogP contribution in [-0.4, -0.2) is 53.9 Å². The number of ether oxygens (including phenoxy) is 4. The van der Waals surface area contributed by atoms with E-state index in [1.165, 1.54) is 33.0 Å². The Bertz CT molecular complexity index is 1400. The van der Waals surface area contributed by atoms with Gasteiger partial charge in [0.25, 0.3) is 5.91 Å². The summed E-state index contributed by atoms with van der Waals surface area (Å²) in [6.07, 6.45) is 0. The highest BCUT2D eigenvalue weighted by molar-refractivity contribution is 6.02. The topological polar surface area (TPSA) is 144 Å². The molecule has 3 N–H and O–H groups in total. The molecule has 1 amide bonds. The number of nitrogens with one attached hydrogen (secondary N) is 1. The molecule has 2 aromatic carbocycles. The molecule has 0 aliphatic carbocycles. The number of fused-ring (bicyclic) bond motifs is 1. The first-order valence-electron chi connectivity index (χ1n) is 9.69. The maximum atomic E-state index is 12.9. The minimum Gasteiger partial charge on any atom is -0.495 e. The van der Waals surface area contributed by atoms with Crippen LogP contribution in [0.1, 0.15) is 10.5 Å². The summed E-state index contributed by atoms with van der Waals surface area (Å²) >= 11 is 0. The fourth-order valence-electron chi connectivity index (χ4n) is 3.54. The molecule has 0 aliphatic heterocycles. The smallest absolute Gasteiger partial charge is 0.332 e. The Morgan fingerprint density at radius 3 is 2.15 bits per heavy atom. The van der Waals surface area contributed by atoms with Crippen LogP contribution in [0.2, 0.25) is 0 Å². The van der Waals surface area contributed by atoms with Crippen molar-refractivity contribution in [1.29, 1.82) is 0 Å². The number of aromatic nitrogens is 4. The van der Waals surface area contributed by atoms with Gasteiger partial charge in [0.2, 0.25) is 5.75 Å². The molecule has 2 aromatic heterocycles. The quantitative estimate of drug-likeness (QED) is 0.434. The fraction of sp³-hybridized carbons (Fsp3) is 0.182. The van der Waals surface area contributed by atoms with Crippen LogP contribution < -0.4 is 30.4 Å². The van der Waals surface area contributed by atoms with Crippen LogP contribution in [0, 0.1) is 0 Å². The first-order valence-corrected chi connectivity index (χ1v) is 9.69. The number of amides is 1. The molecule has 33 heavy (non-hydrogen) atoms. The molecular weight excluding hydrogens is 430 g/mol. The van der Waals surface area contributed by atoms with Gasteiger partial charge in [0, 0.05) is 5.56 Å². The van der Waals surface area contributed by atoms with E-state index in [1.54, 1.807) is 36.4 Å². The van der Waals surface area contributed by atoms with Crippen molar-refractivity contribution in [3.05, 3.63) is 52.6 Å². The Balaban J connectivity index is 2.07. The van der Waals surface area contributed by atoms with Gasteiger partial charge in [-0.3, -0.25) is 4.79 Å². The van der Waals surface area contributed by atoms with E-state index in [0.29, 0.717) is 34.2 Å². The van der Waals surface area contributed by atoms with Crippen molar-refractivity contribution >= 4 is 17.1 Å². The molecule has 0 atom stereocenters. The van der Waals surface area contributed by atoms with Crippen molar-refractivity contribution in [2.75, 3.05) is 28.4 Å². The first kappa shape index (κ1) is 21.7. The van der Waals surface area contributed by atoms with E-state index in [4.69, 9.17) is 24.7 Å². The number of primary amides is 1. The van der Waals surface area contributed by atoms with Crippen LogP contribution in [0.25, 0.3) is 28.2 Å². The number of methoxy groups -OCH3 is 4. The standard InChI is InChI=1S/C22H21N5O6/c1-30-13-8-6-5-7-12(13)27-21-17(25-22(27)29)16(19(23)28)24-20(26-21)11-9-14(31-2)18(33-4)15(10-11)32-3/h5-10H,1-4H3,(H2,23,28)(H,25,29). The van der Waals surface area contributed by atoms with Crippen molar-refractivity contribution in [1.82, 2.24) is 19.5 Å². The molecule has 0 fully saturated rings. The van der Waals surface area contributed by atoms with Gasteiger partial charge in [-0.2, -0.15) is 0 Å². The molecule has 0 saturated carbocycles. The number of nitrogens with two attached hydrogens (primary N) is 1. The monoisotopic (exact) mass is 451 g/mol. The largest absolute Gasteiger partial charge is 0.495 e. The van der Waals surface area contributed by atoms with Crippen LogP contribution >= 0.6 is 0 Å². The Morgan fingerprint density at radius 2 is 1.58 bits per heavy atom. The Labute approximate surface area is 187 Å². The van der Waals surface area contributed by atoms with Crippen molar-refractivity contribution in [2.24, 2.45) is 5.73 Å². The van der Waals surface area contributed by atoms with Crippen LogP contribution in [0.15, 0.2) is 41.2 Å². The van der Waals surface area contributed by atoms with Crippen molar-refractivity contribution in [3.8, 4) is 40.1 Å². The van der Waals surface area contributed by atoms with Crippen LogP contribution in [0.4, 0.5) is 0 Å². The van der Waals surface area contributed by atoms with Gasteiger partial charge in [-0.25, -0.2) is 19.3 Å². The van der Waals surface area contributed by atoms with Crippen molar-refractivity contribution in [3.63, 3.8) is 0 Å². The van der Waals surface area contributed by atoms with Gasteiger partial charge < -0.3 is 29.7 Å². The van der Waals surface area contributed by atoms with Gasteiger partial charge in [-0.05, 0) is 24.3 Å². The lowest BCUT2D eigenvalue weighted by Gasteiger charge is -2.14. The Morgan fingerprint density at radius 1 is 0.939 bits per heavy atom. The summed E-state index contributed by atoms with van der Waals surface area (Å²) in [6, 6.07) is 10.2. The molecule has 11 heteroatoms. The number of aromatic amines is 1. The van der Waals surface area contributed by atoms with Gasteiger partial charge in [-0.15, -0.1) is 0 Å². The highest BCUT2D eigenvalue weighted by Gasteiger charge is 2.23. The summed E-state index contributed by atoms with van der Waals surface area (Å²) in [4.78, 5) is 36.6. The zero-order valence-electron chi connectivity index (χ0n) is 18.3. The van der Waals surface area contributed by atoms with Crippen LogP contribution in [0.5, 0.6) is 23.0 Å². The Kier molecular flexibility index (Phi) is 5.61. The predicted octanol–water partition coefficient (Wildman–Crippen LogP) is 1.91. The summed E-state index contributed by atoms with van der Waals surface area (Å²) in [7, 11) is 5.93. The second kappa shape index (κ2) is 8.54. The lowest BCUT2D eigenvalue weighted by atomic mass is 10.1. The summed E-state index contributed by atoms with van der Waals surface area (Å²) in [5.74, 6) is 0.851. The van der Waals surface area contributed by atoms with E-state index in [9.17, 15) is 9.59 Å². The summed E-state index contributed by atoms with van der Waals surface area (Å²) < 4.78 is 22.9. The maximum Gasteiger partial charge on any atom is 0.332 e. The number of carbonyl (C=O) groups is 1. The SMILES string of the molecule is COc1ccccc1-n1c(=O)[nH]c2c(C(N)=O)nc(-c3cc(OC)c(OC)c(OC)c3)nc21. The average Bonchev–Trinajstić information content (AvgIpc) is 3.17. The fourth-order valence-corrected chi connectivity index (χ4v) is 3.54. The molecule has 0 radical (unpaired) electrons. The van der Waals surface area contributed by atoms with Gasteiger partial charge >= 0.3 is 5.69 Å². The first-order chi connectivity index (χ1) is 15.9. The summed E-state index contributed by atoms with van der Waals surface area (Å²) in [5, 5.41) is 0. The summed E-state index contributed by atoms with van der Waals surface area (Å²) in [5.41, 5.74) is 6.05. The van der Waals surface area contributed by atoms with Gasteiger partial charge in [-0.1, -0.05) is 12.1 Å². The predicted molar refractivity (Wildman–Crippen MR) is 120 cm³/mol. The maximum absolute atomic E-state index is 12.9. The number of hydrogen-bond acceptors (Lipinski definition) is 8. The number of benzene rings is 2. The van der Waals surface area contributed by atoms with Crippen LogP contribution in [-0.2, 0) is 0 Å². The molecule has 0 bridgehead atoms. The molecule has 4 aromatic rings. The van der Waals surface area contributed by atoms with Gasteiger partial charge in [0.15, 0.2) is 28.7 Å².